The van der Waals surface area contributed by atoms with Crippen LogP contribution in [0.1, 0.15) is 5.82 Å². The number of halogens is 3. The number of hydrogen-bond acceptors (Lipinski definition) is 5. The van der Waals surface area contributed by atoms with Crippen molar-refractivity contribution in [3.05, 3.63) is 94.5 Å². The van der Waals surface area contributed by atoms with E-state index in [1.165, 1.54) is 17.8 Å². The Morgan fingerprint density at radius 2 is 1.66 bits per heavy atom. The maximum Gasteiger partial charge on any atom is 0.196 e. The van der Waals surface area contributed by atoms with Crippen LogP contribution in [0.4, 0.5) is 4.39 Å². The Bertz CT molecular complexity index is 1190. The molecule has 0 saturated heterocycles. The van der Waals surface area contributed by atoms with Gasteiger partial charge in [0.25, 0.3) is 0 Å². The highest BCUT2D eigenvalue weighted by atomic mass is 35.5. The van der Waals surface area contributed by atoms with Crippen molar-refractivity contribution in [2.75, 3.05) is 12.4 Å². The first kappa shape index (κ1) is 22.5. The zero-order chi connectivity index (χ0) is 22.3. The maximum atomic E-state index is 13.9. The van der Waals surface area contributed by atoms with Crippen molar-refractivity contribution < 1.29 is 13.9 Å². The molecule has 0 unspecified atom stereocenters. The van der Waals surface area contributed by atoms with Gasteiger partial charge >= 0.3 is 0 Å². The lowest BCUT2D eigenvalue weighted by molar-refractivity contribution is 0.278. The van der Waals surface area contributed by atoms with Gasteiger partial charge in [-0.25, -0.2) is 4.39 Å². The third-order valence-electron chi connectivity index (χ3n) is 4.37. The van der Waals surface area contributed by atoms with E-state index >= 15 is 0 Å². The van der Waals surface area contributed by atoms with Gasteiger partial charge in [-0.1, -0.05) is 65.3 Å². The second-order valence-corrected chi connectivity index (χ2v) is 8.47. The van der Waals surface area contributed by atoms with Crippen LogP contribution in [0.5, 0.6) is 11.5 Å². The minimum Gasteiger partial charge on any atom is -0.491 e. The molecule has 0 radical (unpaired) electrons. The Labute approximate surface area is 199 Å². The fourth-order valence-electron chi connectivity index (χ4n) is 2.90. The quantitative estimate of drug-likeness (QED) is 0.199. The number of nitrogens with zero attached hydrogens (tertiary/aromatic N) is 3. The second kappa shape index (κ2) is 10.7. The van der Waals surface area contributed by atoms with Gasteiger partial charge in [-0.05, 0) is 42.5 Å². The summed E-state index contributed by atoms with van der Waals surface area (Å²) in [6, 6.07) is 21.0. The molecule has 0 spiro atoms. The summed E-state index contributed by atoms with van der Waals surface area (Å²) < 4.78 is 27.2. The summed E-state index contributed by atoms with van der Waals surface area (Å²) in [5.41, 5.74) is 0.883. The molecule has 0 amide bonds. The van der Waals surface area contributed by atoms with Crippen molar-refractivity contribution in [3.8, 4) is 17.2 Å². The predicted octanol–water partition coefficient (Wildman–Crippen LogP) is 6.46. The smallest absolute Gasteiger partial charge is 0.196 e. The van der Waals surface area contributed by atoms with Gasteiger partial charge in [0.2, 0.25) is 0 Å². The van der Waals surface area contributed by atoms with Crippen LogP contribution in [0.25, 0.3) is 5.69 Å². The fourth-order valence-corrected chi connectivity index (χ4v) is 4.16. The van der Waals surface area contributed by atoms with Crippen LogP contribution < -0.4 is 9.47 Å². The molecule has 1 heterocycles. The molecule has 4 aromatic rings. The maximum absolute atomic E-state index is 13.9. The Hall–Kier alpha value is -2.74. The van der Waals surface area contributed by atoms with Crippen LogP contribution >= 0.6 is 35.0 Å². The summed E-state index contributed by atoms with van der Waals surface area (Å²) in [6.45, 7) is 0.481. The van der Waals surface area contributed by atoms with Gasteiger partial charge in [0.15, 0.2) is 22.5 Å². The zero-order valence-corrected chi connectivity index (χ0v) is 19.1. The van der Waals surface area contributed by atoms with Crippen molar-refractivity contribution in [3.63, 3.8) is 0 Å². The second-order valence-electron chi connectivity index (χ2n) is 6.56. The molecule has 9 heteroatoms. The Kier molecular flexibility index (Phi) is 7.52. The monoisotopic (exact) mass is 489 g/mol. The Morgan fingerprint density at radius 1 is 0.875 bits per heavy atom. The van der Waals surface area contributed by atoms with Crippen LogP contribution in [-0.2, 0) is 6.61 Å². The number of rotatable bonds is 9. The predicted molar refractivity (Wildman–Crippen MR) is 125 cm³/mol. The first-order valence-corrected chi connectivity index (χ1v) is 11.4. The number of aromatic nitrogens is 3. The third kappa shape index (κ3) is 5.54. The summed E-state index contributed by atoms with van der Waals surface area (Å²) in [7, 11) is 0. The van der Waals surface area contributed by atoms with Gasteiger partial charge < -0.3 is 9.47 Å². The molecular formula is C23H18Cl2FN3O2S. The van der Waals surface area contributed by atoms with Crippen molar-refractivity contribution in [1.29, 1.82) is 0 Å². The minimum atomic E-state index is -0.425. The lowest BCUT2D eigenvalue weighted by atomic mass is 10.3. The van der Waals surface area contributed by atoms with Gasteiger partial charge in [0.05, 0.1) is 11.6 Å². The molecule has 0 saturated carbocycles. The van der Waals surface area contributed by atoms with E-state index in [1.807, 2.05) is 34.9 Å². The average Bonchev–Trinajstić information content (AvgIpc) is 3.20. The van der Waals surface area contributed by atoms with Crippen LogP contribution in [0.3, 0.4) is 0 Å². The van der Waals surface area contributed by atoms with E-state index in [9.17, 15) is 4.39 Å². The van der Waals surface area contributed by atoms with Gasteiger partial charge in [-0.2, -0.15) is 0 Å². The Balaban J connectivity index is 1.46. The SMILES string of the molecule is Fc1ccccc1OCc1nnc(SCCOc2ccc(Cl)cc2Cl)n1-c1ccccc1. The number of benzene rings is 3. The van der Waals surface area contributed by atoms with Crippen LogP contribution in [0.15, 0.2) is 78.0 Å². The van der Waals surface area contributed by atoms with E-state index in [0.29, 0.717) is 39.1 Å². The fraction of sp³-hybridized carbons (Fsp3) is 0.130. The van der Waals surface area contributed by atoms with Gasteiger partial charge in [-0.3, -0.25) is 4.57 Å². The molecule has 0 aliphatic heterocycles. The van der Waals surface area contributed by atoms with E-state index in [0.717, 1.165) is 5.69 Å². The molecule has 4 rings (SSSR count). The molecule has 0 fully saturated rings. The van der Waals surface area contributed by atoms with E-state index in [-0.39, 0.29) is 12.4 Å². The average molecular weight is 490 g/mol. The highest BCUT2D eigenvalue weighted by Gasteiger charge is 2.16. The van der Waals surface area contributed by atoms with Gasteiger partial charge in [0, 0.05) is 16.5 Å². The highest BCUT2D eigenvalue weighted by Crippen LogP contribution is 2.28. The van der Waals surface area contributed by atoms with E-state index < -0.39 is 5.82 Å². The number of thioether (sulfide) groups is 1. The molecule has 3 aromatic carbocycles. The molecule has 5 nitrogen and oxygen atoms in total. The molecule has 0 aliphatic carbocycles. The van der Waals surface area contributed by atoms with Crippen LogP contribution in [-0.4, -0.2) is 27.1 Å². The summed E-state index contributed by atoms with van der Waals surface area (Å²) >= 11 is 13.5. The van der Waals surface area contributed by atoms with Crippen molar-refractivity contribution in [2.45, 2.75) is 11.8 Å². The number of hydrogen-bond donors (Lipinski definition) is 0. The van der Waals surface area contributed by atoms with Gasteiger partial charge in [-0.15, -0.1) is 10.2 Å². The van der Waals surface area contributed by atoms with Crippen molar-refractivity contribution in [2.24, 2.45) is 0 Å². The zero-order valence-electron chi connectivity index (χ0n) is 16.7. The minimum absolute atomic E-state index is 0.0697. The largest absolute Gasteiger partial charge is 0.491 e. The highest BCUT2D eigenvalue weighted by molar-refractivity contribution is 7.99. The molecule has 0 bridgehead atoms. The molecule has 0 atom stereocenters. The molecule has 0 aliphatic rings. The van der Waals surface area contributed by atoms with E-state index in [1.54, 1.807) is 36.4 Å². The lowest BCUT2D eigenvalue weighted by Crippen LogP contribution is -2.08. The standard InChI is InChI=1S/C23H18Cl2FN3O2S/c24-16-10-11-20(18(25)14-16)30-12-13-32-23-28-27-22(29(23)17-6-2-1-3-7-17)15-31-21-9-5-4-8-19(21)26/h1-11,14H,12-13,15H2. The normalized spacial score (nSPS) is 10.8. The van der Waals surface area contributed by atoms with Gasteiger partial charge in [0.1, 0.15) is 12.4 Å². The van der Waals surface area contributed by atoms with Crippen molar-refractivity contribution >= 4 is 35.0 Å². The third-order valence-corrected chi connectivity index (χ3v) is 5.80. The molecule has 32 heavy (non-hydrogen) atoms. The summed E-state index contributed by atoms with van der Waals surface area (Å²) in [4.78, 5) is 0. The lowest BCUT2D eigenvalue weighted by Gasteiger charge is -2.12. The summed E-state index contributed by atoms with van der Waals surface area (Å²) in [5, 5.41) is 10.3. The van der Waals surface area contributed by atoms with Crippen LogP contribution in [0, 0.1) is 5.82 Å². The van der Waals surface area contributed by atoms with Crippen molar-refractivity contribution in [1.82, 2.24) is 14.8 Å². The summed E-state index contributed by atoms with van der Waals surface area (Å²) in [6.07, 6.45) is 0. The first-order chi connectivity index (χ1) is 15.6. The topological polar surface area (TPSA) is 49.2 Å². The Morgan fingerprint density at radius 3 is 2.44 bits per heavy atom. The van der Waals surface area contributed by atoms with Crippen LogP contribution in [0.2, 0.25) is 10.0 Å². The van der Waals surface area contributed by atoms with E-state index in [2.05, 4.69) is 10.2 Å². The number of para-hydroxylation sites is 2. The molecule has 1 aromatic heterocycles. The first-order valence-electron chi connectivity index (χ1n) is 9.69. The summed E-state index contributed by atoms with van der Waals surface area (Å²) in [5.74, 6) is 1.48. The molecule has 0 N–H and O–H groups in total. The molecular weight excluding hydrogens is 472 g/mol. The molecule has 164 valence electrons. The number of ether oxygens (including phenoxy) is 2. The van der Waals surface area contributed by atoms with E-state index in [4.69, 9.17) is 32.7 Å².